The van der Waals surface area contributed by atoms with Crippen molar-refractivity contribution in [3.63, 3.8) is 0 Å². The standard InChI is InChI=1S/C18H26N4O2/c1-14(2)22-12-15(11-17(22)23)18(24)21-9-7-20(8-10-21)13-16-5-3-4-6-19-16/h3-6,14-15H,7-13H2,1-2H3. The van der Waals surface area contributed by atoms with Crippen LogP contribution >= 0.6 is 0 Å². The Morgan fingerprint density at radius 1 is 1.25 bits per heavy atom. The molecule has 0 radical (unpaired) electrons. The van der Waals surface area contributed by atoms with Gasteiger partial charge in [-0.05, 0) is 26.0 Å². The number of likely N-dealkylation sites (tertiary alicyclic amines) is 1. The molecule has 0 saturated carbocycles. The number of aromatic nitrogens is 1. The smallest absolute Gasteiger partial charge is 0.228 e. The van der Waals surface area contributed by atoms with E-state index in [9.17, 15) is 9.59 Å². The molecule has 0 N–H and O–H groups in total. The minimum atomic E-state index is -0.165. The fourth-order valence-corrected chi connectivity index (χ4v) is 3.50. The Hall–Kier alpha value is -1.95. The van der Waals surface area contributed by atoms with Gasteiger partial charge in [0.15, 0.2) is 0 Å². The van der Waals surface area contributed by atoms with E-state index in [2.05, 4.69) is 9.88 Å². The van der Waals surface area contributed by atoms with Crippen molar-refractivity contribution in [1.29, 1.82) is 0 Å². The summed E-state index contributed by atoms with van der Waals surface area (Å²) < 4.78 is 0. The summed E-state index contributed by atoms with van der Waals surface area (Å²) in [4.78, 5) is 35.1. The van der Waals surface area contributed by atoms with E-state index in [1.807, 2.05) is 48.0 Å². The average molecular weight is 330 g/mol. The maximum absolute atomic E-state index is 12.7. The number of pyridine rings is 1. The zero-order valence-electron chi connectivity index (χ0n) is 14.5. The fourth-order valence-electron chi connectivity index (χ4n) is 3.50. The SMILES string of the molecule is CC(C)N1CC(C(=O)N2CCN(Cc3ccccn3)CC2)CC1=O. The maximum atomic E-state index is 12.7. The van der Waals surface area contributed by atoms with Gasteiger partial charge in [-0.15, -0.1) is 0 Å². The Balaban J connectivity index is 1.50. The van der Waals surface area contributed by atoms with Gasteiger partial charge < -0.3 is 9.80 Å². The minimum Gasteiger partial charge on any atom is -0.340 e. The van der Waals surface area contributed by atoms with E-state index in [1.165, 1.54) is 0 Å². The molecule has 6 nitrogen and oxygen atoms in total. The molecule has 2 aliphatic rings. The number of rotatable bonds is 4. The van der Waals surface area contributed by atoms with E-state index >= 15 is 0 Å². The van der Waals surface area contributed by atoms with Gasteiger partial charge >= 0.3 is 0 Å². The third-order valence-corrected chi connectivity index (χ3v) is 4.93. The number of hydrogen-bond acceptors (Lipinski definition) is 4. The number of carbonyl (C=O) groups excluding carboxylic acids is 2. The van der Waals surface area contributed by atoms with Crippen molar-refractivity contribution in [3.8, 4) is 0 Å². The van der Waals surface area contributed by atoms with Gasteiger partial charge in [0.1, 0.15) is 0 Å². The monoisotopic (exact) mass is 330 g/mol. The zero-order valence-corrected chi connectivity index (χ0v) is 14.5. The summed E-state index contributed by atoms with van der Waals surface area (Å²) in [5.41, 5.74) is 1.06. The number of hydrogen-bond donors (Lipinski definition) is 0. The van der Waals surface area contributed by atoms with E-state index in [0.29, 0.717) is 13.0 Å². The van der Waals surface area contributed by atoms with E-state index in [0.717, 1.165) is 38.4 Å². The average Bonchev–Trinajstić information content (AvgIpc) is 2.98. The maximum Gasteiger partial charge on any atom is 0.228 e. The molecule has 0 spiro atoms. The Kier molecular flexibility index (Phi) is 5.14. The molecule has 1 atom stereocenters. The quantitative estimate of drug-likeness (QED) is 0.826. The second-order valence-electron chi connectivity index (χ2n) is 6.96. The van der Waals surface area contributed by atoms with Crippen LogP contribution in [0.2, 0.25) is 0 Å². The summed E-state index contributed by atoms with van der Waals surface area (Å²) in [6, 6.07) is 6.12. The predicted molar refractivity (Wildman–Crippen MR) is 91.1 cm³/mol. The minimum absolute atomic E-state index is 0.108. The first kappa shape index (κ1) is 16.9. The lowest BCUT2D eigenvalue weighted by Crippen LogP contribution is -2.50. The number of piperazine rings is 1. The third-order valence-electron chi connectivity index (χ3n) is 4.93. The number of nitrogens with zero attached hydrogens (tertiary/aromatic N) is 4. The third kappa shape index (κ3) is 3.75. The largest absolute Gasteiger partial charge is 0.340 e. The second kappa shape index (κ2) is 7.30. The van der Waals surface area contributed by atoms with Gasteiger partial charge in [0.05, 0.1) is 11.6 Å². The molecule has 0 bridgehead atoms. The second-order valence-corrected chi connectivity index (χ2v) is 6.96. The molecule has 1 aromatic heterocycles. The van der Waals surface area contributed by atoms with Gasteiger partial charge in [0.25, 0.3) is 0 Å². The van der Waals surface area contributed by atoms with Crippen LogP contribution < -0.4 is 0 Å². The highest BCUT2D eigenvalue weighted by atomic mass is 16.2. The summed E-state index contributed by atoms with van der Waals surface area (Å²) in [7, 11) is 0. The summed E-state index contributed by atoms with van der Waals surface area (Å²) in [6.45, 7) is 8.58. The molecule has 2 saturated heterocycles. The first-order chi connectivity index (χ1) is 11.5. The van der Waals surface area contributed by atoms with Crippen molar-refractivity contribution >= 4 is 11.8 Å². The van der Waals surface area contributed by atoms with Crippen LogP contribution in [0.25, 0.3) is 0 Å². The molecule has 2 fully saturated rings. The van der Waals surface area contributed by atoms with E-state index < -0.39 is 0 Å². The first-order valence-corrected chi connectivity index (χ1v) is 8.75. The van der Waals surface area contributed by atoms with Crippen LogP contribution in [0.15, 0.2) is 24.4 Å². The topological polar surface area (TPSA) is 56.8 Å². The lowest BCUT2D eigenvalue weighted by molar-refractivity contribution is -0.137. The highest BCUT2D eigenvalue weighted by Crippen LogP contribution is 2.22. The van der Waals surface area contributed by atoms with Crippen LogP contribution in [0.4, 0.5) is 0 Å². The normalized spacial score (nSPS) is 22.5. The van der Waals surface area contributed by atoms with Gasteiger partial charge in [-0.3, -0.25) is 19.5 Å². The van der Waals surface area contributed by atoms with E-state index in [-0.39, 0.29) is 23.8 Å². The highest BCUT2D eigenvalue weighted by molar-refractivity contribution is 5.89. The lowest BCUT2D eigenvalue weighted by atomic mass is 10.1. The first-order valence-electron chi connectivity index (χ1n) is 8.75. The van der Waals surface area contributed by atoms with Crippen molar-refractivity contribution in [3.05, 3.63) is 30.1 Å². The van der Waals surface area contributed by atoms with Crippen molar-refractivity contribution in [1.82, 2.24) is 19.7 Å². The summed E-state index contributed by atoms with van der Waals surface area (Å²) >= 11 is 0. The highest BCUT2D eigenvalue weighted by Gasteiger charge is 2.38. The number of carbonyl (C=O) groups is 2. The molecular weight excluding hydrogens is 304 g/mol. The molecule has 6 heteroatoms. The van der Waals surface area contributed by atoms with Crippen LogP contribution in [0, 0.1) is 5.92 Å². The van der Waals surface area contributed by atoms with Crippen LogP contribution in [-0.4, -0.2) is 70.3 Å². The Bertz CT molecular complexity index is 582. The summed E-state index contributed by atoms with van der Waals surface area (Å²) in [6.07, 6.45) is 2.18. The van der Waals surface area contributed by atoms with Crippen molar-refractivity contribution < 1.29 is 9.59 Å². The molecule has 130 valence electrons. The van der Waals surface area contributed by atoms with Gasteiger partial charge in [-0.1, -0.05) is 6.07 Å². The molecule has 0 aliphatic carbocycles. The summed E-state index contributed by atoms with van der Waals surface area (Å²) in [5.74, 6) is 0.0864. The molecule has 0 aromatic carbocycles. The molecule has 2 amide bonds. The Labute approximate surface area is 143 Å². The van der Waals surface area contributed by atoms with Crippen molar-refractivity contribution in [2.24, 2.45) is 5.92 Å². The van der Waals surface area contributed by atoms with E-state index in [4.69, 9.17) is 0 Å². The fraction of sp³-hybridized carbons (Fsp3) is 0.611. The molecule has 2 aliphatic heterocycles. The van der Waals surface area contributed by atoms with E-state index in [1.54, 1.807) is 0 Å². The van der Waals surface area contributed by atoms with Gasteiger partial charge in [-0.2, -0.15) is 0 Å². The van der Waals surface area contributed by atoms with Gasteiger partial charge in [0, 0.05) is 57.9 Å². The Morgan fingerprint density at radius 2 is 2.00 bits per heavy atom. The van der Waals surface area contributed by atoms with Crippen LogP contribution in [0.1, 0.15) is 26.0 Å². The van der Waals surface area contributed by atoms with Crippen LogP contribution in [0.3, 0.4) is 0 Å². The summed E-state index contributed by atoms with van der Waals surface area (Å²) in [5, 5.41) is 0. The lowest BCUT2D eigenvalue weighted by Gasteiger charge is -2.35. The zero-order chi connectivity index (χ0) is 17.1. The number of amides is 2. The van der Waals surface area contributed by atoms with Crippen LogP contribution in [0.5, 0.6) is 0 Å². The molecular formula is C18H26N4O2. The molecule has 1 aromatic rings. The van der Waals surface area contributed by atoms with Crippen molar-refractivity contribution in [2.45, 2.75) is 32.9 Å². The Morgan fingerprint density at radius 3 is 2.58 bits per heavy atom. The molecule has 24 heavy (non-hydrogen) atoms. The molecule has 3 rings (SSSR count). The predicted octanol–water partition coefficient (Wildman–Crippen LogP) is 0.983. The van der Waals surface area contributed by atoms with Crippen LogP contribution in [-0.2, 0) is 16.1 Å². The molecule has 1 unspecified atom stereocenters. The van der Waals surface area contributed by atoms with Gasteiger partial charge in [0.2, 0.25) is 11.8 Å². The van der Waals surface area contributed by atoms with Crippen molar-refractivity contribution in [2.75, 3.05) is 32.7 Å². The molecule has 3 heterocycles. The van der Waals surface area contributed by atoms with Gasteiger partial charge in [-0.25, -0.2) is 0 Å².